The van der Waals surface area contributed by atoms with Crippen LogP contribution in [0.4, 0.5) is 0 Å². The third-order valence-corrected chi connectivity index (χ3v) is 16.4. The maximum absolute atomic E-state index is 7.32. The molecular formula is C26H20Cl4Si2. The highest BCUT2D eigenvalue weighted by Crippen LogP contribution is 2.52. The quantitative estimate of drug-likeness (QED) is 0.197. The topological polar surface area (TPSA) is 0 Å². The van der Waals surface area contributed by atoms with Gasteiger partial charge in [-0.15, -0.1) is 44.3 Å². The predicted octanol–water partition coefficient (Wildman–Crippen LogP) is 7.00. The number of halogens is 4. The van der Waals surface area contributed by atoms with Gasteiger partial charge in [-0.05, 0) is 32.6 Å². The molecule has 0 saturated heterocycles. The van der Waals surface area contributed by atoms with Crippen molar-refractivity contribution >= 4 is 68.1 Å². The first kappa shape index (κ1) is 22.3. The van der Waals surface area contributed by atoms with E-state index in [4.69, 9.17) is 44.3 Å². The first-order valence-corrected chi connectivity index (χ1v) is 18.7. The SMILES string of the molecule is Cl[Si](Cl)(c1ccccc1)C1c2ccccc2C([Si](Cl)(Cl)c2ccccc2)c2ccccc21. The summed E-state index contributed by atoms with van der Waals surface area (Å²) in [5.41, 5.74) is 4.28. The molecule has 0 saturated carbocycles. The molecule has 5 rings (SSSR count). The third kappa shape index (κ3) is 3.67. The largest absolute Gasteiger partial charge is 0.292 e. The van der Waals surface area contributed by atoms with Crippen LogP contribution in [0.3, 0.4) is 0 Å². The average Bonchev–Trinajstić information content (AvgIpc) is 2.83. The van der Waals surface area contributed by atoms with Gasteiger partial charge in [0.2, 0.25) is 0 Å². The Hall–Kier alpha value is -1.53. The molecule has 0 radical (unpaired) electrons. The van der Waals surface area contributed by atoms with E-state index in [0.717, 1.165) is 32.6 Å². The second kappa shape index (κ2) is 8.68. The molecule has 4 aromatic carbocycles. The van der Waals surface area contributed by atoms with Crippen LogP contribution < -0.4 is 10.4 Å². The Morgan fingerprint density at radius 3 is 0.906 bits per heavy atom. The molecule has 1 aliphatic carbocycles. The van der Waals surface area contributed by atoms with Crippen molar-refractivity contribution in [2.75, 3.05) is 0 Å². The van der Waals surface area contributed by atoms with Crippen LogP contribution in [0.2, 0.25) is 0 Å². The van der Waals surface area contributed by atoms with Crippen molar-refractivity contribution in [3.63, 3.8) is 0 Å². The van der Waals surface area contributed by atoms with Crippen molar-refractivity contribution in [1.29, 1.82) is 0 Å². The summed E-state index contributed by atoms with van der Waals surface area (Å²) in [6.07, 6.45) is 0. The fraction of sp³-hybridized carbons (Fsp3) is 0.0769. The highest BCUT2D eigenvalue weighted by Gasteiger charge is 2.52. The van der Waals surface area contributed by atoms with Crippen LogP contribution in [0.15, 0.2) is 109 Å². The fourth-order valence-corrected chi connectivity index (χ4v) is 13.7. The van der Waals surface area contributed by atoms with Gasteiger partial charge in [-0.25, -0.2) is 0 Å². The summed E-state index contributed by atoms with van der Waals surface area (Å²) >= 11 is 29.3. The number of hydrogen-bond donors (Lipinski definition) is 0. The molecule has 0 N–H and O–H groups in total. The van der Waals surface area contributed by atoms with Crippen molar-refractivity contribution in [3.05, 3.63) is 131 Å². The minimum Gasteiger partial charge on any atom is -0.139 e. The Bertz CT molecular complexity index is 1100. The molecule has 0 nitrogen and oxygen atoms in total. The minimum atomic E-state index is -2.98. The van der Waals surface area contributed by atoms with Gasteiger partial charge in [0.05, 0.1) is 0 Å². The van der Waals surface area contributed by atoms with E-state index in [1.54, 1.807) is 0 Å². The summed E-state index contributed by atoms with van der Waals surface area (Å²) < 4.78 is 0. The van der Waals surface area contributed by atoms with Gasteiger partial charge in [0, 0.05) is 11.1 Å². The molecule has 0 atom stereocenters. The van der Waals surface area contributed by atoms with E-state index in [0.29, 0.717) is 0 Å². The van der Waals surface area contributed by atoms with Crippen LogP contribution >= 0.6 is 44.3 Å². The number of rotatable bonds is 4. The Kier molecular flexibility index (Phi) is 6.04. The third-order valence-electron chi connectivity index (χ3n) is 6.28. The second-order valence-corrected chi connectivity index (χ2v) is 21.2. The highest BCUT2D eigenvalue weighted by atomic mass is 35.7. The van der Waals surface area contributed by atoms with Gasteiger partial charge in [0.1, 0.15) is 0 Å². The monoisotopic (exact) mass is 528 g/mol. The van der Waals surface area contributed by atoms with E-state index in [1.165, 1.54) is 0 Å². The van der Waals surface area contributed by atoms with Gasteiger partial charge >= 0.3 is 0 Å². The average molecular weight is 530 g/mol. The summed E-state index contributed by atoms with van der Waals surface area (Å²) in [6.45, 7) is -5.95. The van der Waals surface area contributed by atoms with Gasteiger partial charge in [-0.2, -0.15) is 0 Å². The Balaban J connectivity index is 1.76. The maximum atomic E-state index is 7.32. The summed E-state index contributed by atoms with van der Waals surface area (Å²) in [6, 6.07) is 36.9. The molecule has 160 valence electrons. The fourth-order valence-electron chi connectivity index (χ4n) is 4.84. The lowest BCUT2D eigenvalue weighted by Crippen LogP contribution is -2.50. The van der Waals surface area contributed by atoms with Crippen molar-refractivity contribution in [3.8, 4) is 0 Å². The van der Waals surface area contributed by atoms with E-state index in [9.17, 15) is 0 Å². The van der Waals surface area contributed by atoms with Crippen molar-refractivity contribution in [2.45, 2.75) is 11.1 Å². The molecule has 0 aliphatic heterocycles. The van der Waals surface area contributed by atoms with E-state index >= 15 is 0 Å². The molecule has 0 heterocycles. The van der Waals surface area contributed by atoms with Crippen LogP contribution in [0, 0.1) is 0 Å². The molecule has 0 unspecified atom stereocenters. The highest BCUT2D eigenvalue weighted by molar-refractivity contribution is 7.52. The molecule has 0 bridgehead atoms. The summed E-state index contributed by atoms with van der Waals surface area (Å²) in [7, 11) is 0. The molecule has 4 aromatic rings. The standard InChI is InChI=1S/C26H20Cl4Si2/c27-31(28,19-11-3-1-4-12-19)25-21-15-7-9-17-23(21)26(24-18-10-8-16-22(24)25)32(29,30)20-13-5-2-6-14-20/h1-18,25-26H. The Labute approximate surface area is 209 Å². The Morgan fingerprint density at radius 1 is 0.375 bits per heavy atom. The van der Waals surface area contributed by atoms with Crippen LogP contribution in [0.5, 0.6) is 0 Å². The maximum Gasteiger partial charge on any atom is 0.292 e. The first-order chi connectivity index (χ1) is 15.4. The predicted molar refractivity (Wildman–Crippen MR) is 144 cm³/mol. The van der Waals surface area contributed by atoms with E-state index < -0.39 is 13.4 Å². The zero-order valence-electron chi connectivity index (χ0n) is 17.1. The zero-order valence-corrected chi connectivity index (χ0v) is 22.1. The summed E-state index contributed by atoms with van der Waals surface area (Å²) in [4.78, 5) is 0. The molecule has 0 aromatic heterocycles. The minimum absolute atomic E-state index is 0.120. The molecule has 1 aliphatic rings. The van der Waals surface area contributed by atoms with Gasteiger partial charge in [-0.1, -0.05) is 109 Å². The van der Waals surface area contributed by atoms with Crippen molar-refractivity contribution in [2.24, 2.45) is 0 Å². The van der Waals surface area contributed by atoms with Crippen LogP contribution in [-0.4, -0.2) is 13.4 Å². The lowest BCUT2D eigenvalue weighted by atomic mass is 9.85. The van der Waals surface area contributed by atoms with Gasteiger partial charge < -0.3 is 0 Å². The molecule has 0 amide bonds. The summed E-state index contributed by atoms with van der Waals surface area (Å²) in [5.74, 6) is 0. The van der Waals surface area contributed by atoms with Crippen LogP contribution in [-0.2, 0) is 0 Å². The van der Waals surface area contributed by atoms with Gasteiger partial charge in [-0.3, -0.25) is 0 Å². The zero-order chi connectivity index (χ0) is 22.3. The molecule has 0 spiro atoms. The summed E-state index contributed by atoms with van der Waals surface area (Å²) in [5, 5.41) is 2.00. The Morgan fingerprint density at radius 2 is 0.625 bits per heavy atom. The number of fused-ring (bicyclic) bond motifs is 2. The molecule has 32 heavy (non-hydrogen) atoms. The van der Waals surface area contributed by atoms with E-state index in [-0.39, 0.29) is 11.1 Å². The van der Waals surface area contributed by atoms with Crippen LogP contribution in [0.1, 0.15) is 33.3 Å². The number of hydrogen-bond acceptors (Lipinski definition) is 0. The first-order valence-electron chi connectivity index (χ1n) is 10.5. The molecule has 0 fully saturated rings. The van der Waals surface area contributed by atoms with Gasteiger partial charge in [0.15, 0.2) is 0 Å². The lowest BCUT2D eigenvalue weighted by molar-refractivity contribution is 0.933. The van der Waals surface area contributed by atoms with E-state index in [1.807, 2.05) is 84.9 Å². The molecule has 6 heteroatoms. The van der Waals surface area contributed by atoms with Gasteiger partial charge in [0.25, 0.3) is 13.4 Å². The number of benzene rings is 4. The van der Waals surface area contributed by atoms with Crippen LogP contribution in [0.25, 0.3) is 0 Å². The second-order valence-electron chi connectivity index (χ2n) is 8.10. The molecular weight excluding hydrogens is 510 g/mol. The lowest BCUT2D eigenvalue weighted by Gasteiger charge is -2.41. The van der Waals surface area contributed by atoms with Crippen molar-refractivity contribution in [1.82, 2.24) is 0 Å². The smallest absolute Gasteiger partial charge is 0.139 e. The van der Waals surface area contributed by atoms with Crippen molar-refractivity contribution < 1.29 is 0 Å². The van der Waals surface area contributed by atoms with E-state index in [2.05, 4.69) is 24.3 Å². The normalized spacial score (nSPS) is 18.0.